The van der Waals surface area contributed by atoms with Gasteiger partial charge in [-0.05, 0) is 37.5 Å². The third kappa shape index (κ3) is 3.61. The SMILES string of the molecule is CCCC1(CNC(=O)NCC2(O)CCCC2)CC1. The maximum Gasteiger partial charge on any atom is 0.314 e. The Morgan fingerprint density at radius 3 is 2.28 bits per heavy atom. The maximum absolute atomic E-state index is 11.7. The van der Waals surface area contributed by atoms with E-state index in [0.717, 1.165) is 32.2 Å². The Hall–Kier alpha value is -0.770. The summed E-state index contributed by atoms with van der Waals surface area (Å²) >= 11 is 0. The second-order valence-electron chi connectivity index (χ2n) is 6.22. The van der Waals surface area contributed by atoms with Crippen molar-refractivity contribution in [3.8, 4) is 0 Å². The van der Waals surface area contributed by atoms with E-state index in [-0.39, 0.29) is 6.03 Å². The van der Waals surface area contributed by atoms with Crippen LogP contribution in [0.3, 0.4) is 0 Å². The number of hydrogen-bond acceptors (Lipinski definition) is 2. The first-order valence-corrected chi connectivity index (χ1v) is 7.32. The molecule has 0 heterocycles. The molecule has 0 aromatic carbocycles. The Bertz CT molecular complexity index is 294. The molecular weight excluding hydrogens is 228 g/mol. The first-order chi connectivity index (χ1) is 8.58. The fourth-order valence-electron chi connectivity index (χ4n) is 3.01. The van der Waals surface area contributed by atoms with E-state index >= 15 is 0 Å². The third-order valence-electron chi connectivity index (χ3n) is 4.47. The summed E-state index contributed by atoms with van der Waals surface area (Å²) in [7, 11) is 0. The van der Waals surface area contributed by atoms with Gasteiger partial charge in [0.05, 0.1) is 5.60 Å². The summed E-state index contributed by atoms with van der Waals surface area (Å²) in [5.41, 5.74) is -0.269. The van der Waals surface area contributed by atoms with Gasteiger partial charge in [0, 0.05) is 13.1 Å². The van der Waals surface area contributed by atoms with E-state index in [1.807, 2.05) is 0 Å². The van der Waals surface area contributed by atoms with E-state index in [4.69, 9.17) is 0 Å². The second-order valence-corrected chi connectivity index (χ2v) is 6.22. The van der Waals surface area contributed by atoms with Gasteiger partial charge in [-0.2, -0.15) is 0 Å². The number of hydrogen-bond donors (Lipinski definition) is 3. The van der Waals surface area contributed by atoms with Crippen LogP contribution in [0.2, 0.25) is 0 Å². The van der Waals surface area contributed by atoms with Gasteiger partial charge >= 0.3 is 6.03 Å². The van der Waals surface area contributed by atoms with Gasteiger partial charge in [-0.1, -0.05) is 26.2 Å². The molecule has 0 unspecified atom stereocenters. The van der Waals surface area contributed by atoms with E-state index in [9.17, 15) is 9.90 Å². The monoisotopic (exact) mass is 254 g/mol. The zero-order valence-electron chi connectivity index (χ0n) is 11.4. The first kappa shape index (κ1) is 13.7. The van der Waals surface area contributed by atoms with Crippen LogP contribution in [-0.4, -0.2) is 29.8 Å². The molecule has 4 nitrogen and oxygen atoms in total. The molecule has 0 aromatic heterocycles. The Balaban J connectivity index is 1.63. The van der Waals surface area contributed by atoms with Crippen molar-refractivity contribution in [2.45, 2.75) is 63.9 Å². The highest BCUT2D eigenvalue weighted by molar-refractivity contribution is 5.74. The molecule has 4 heteroatoms. The molecule has 2 fully saturated rings. The van der Waals surface area contributed by atoms with Gasteiger partial charge in [0.15, 0.2) is 0 Å². The minimum absolute atomic E-state index is 0.127. The van der Waals surface area contributed by atoms with Crippen molar-refractivity contribution in [2.75, 3.05) is 13.1 Å². The van der Waals surface area contributed by atoms with Crippen molar-refractivity contribution < 1.29 is 9.90 Å². The molecule has 18 heavy (non-hydrogen) atoms. The van der Waals surface area contributed by atoms with Crippen molar-refractivity contribution >= 4 is 6.03 Å². The summed E-state index contributed by atoms with van der Waals surface area (Å²) < 4.78 is 0. The molecule has 0 bridgehead atoms. The minimum atomic E-state index is -0.655. The van der Waals surface area contributed by atoms with Gasteiger partial charge in [-0.15, -0.1) is 0 Å². The highest BCUT2D eigenvalue weighted by Crippen LogP contribution is 2.48. The number of urea groups is 1. The third-order valence-corrected chi connectivity index (χ3v) is 4.47. The lowest BCUT2D eigenvalue weighted by atomic mass is 10.0. The number of nitrogens with one attached hydrogen (secondary N) is 2. The molecule has 0 spiro atoms. The Morgan fingerprint density at radius 2 is 1.72 bits per heavy atom. The van der Waals surface area contributed by atoms with Crippen molar-refractivity contribution in [2.24, 2.45) is 5.41 Å². The van der Waals surface area contributed by atoms with Crippen LogP contribution in [0.15, 0.2) is 0 Å². The van der Waals surface area contributed by atoms with E-state index < -0.39 is 5.60 Å². The molecule has 0 radical (unpaired) electrons. The quantitative estimate of drug-likeness (QED) is 0.680. The van der Waals surface area contributed by atoms with E-state index in [1.165, 1.54) is 25.7 Å². The van der Waals surface area contributed by atoms with Crippen LogP contribution in [0.5, 0.6) is 0 Å². The van der Waals surface area contributed by atoms with Crippen molar-refractivity contribution in [3.05, 3.63) is 0 Å². The molecule has 0 atom stereocenters. The topological polar surface area (TPSA) is 61.4 Å². The Kier molecular flexibility index (Phi) is 4.15. The summed E-state index contributed by atoms with van der Waals surface area (Å²) in [5.74, 6) is 0. The van der Waals surface area contributed by atoms with Crippen molar-refractivity contribution in [1.29, 1.82) is 0 Å². The standard InChI is InChI=1S/C14H26N2O2/c1-2-5-13(8-9-13)10-15-12(17)16-11-14(18)6-3-4-7-14/h18H,2-11H2,1H3,(H2,15,16,17). The molecule has 2 aliphatic rings. The van der Waals surface area contributed by atoms with Gasteiger partial charge in [0.1, 0.15) is 0 Å². The van der Waals surface area contributed by atoms with Gasteiger partial charge in [-0.25, -0.2) is 4.79 Å². The maximum atomic E-state index is 11.7. The molecule has 0 saturated heterocycles. The molecule has 2 aliphatic carbocycles. The molecule has 3 N–H and O–H groups in total. The molecule has 2 amide bonds. The molecule has 104 valence electrons. The first-order valence-electron chi connectivity index (χ1n) is 7.32. The summed E-state index contributed by atoms with van der Waals surface area (Å²) in [4.78, 5) is 11.7. The second kappa shape index (κ2) is 5.47. The van der Waals surface area contributed by atoms with Crippen LogP contribution >= 0.6 is 0 Å². The zero-order chi connectivity index (χ0) is 13.1. The van der Waals surface area contributed by atoms with Crippen LogP contribution in [-0.2, 0) is 0 Å². The normalized spacial score (nSPS) is 23.7. The molecule has 0 aromatic rings. The Morgan fingerprint density at radius 1 is 1.11 bits per heavy atom. The average molecular weight is 254 g/mol. The lowest BCUT2D eigenvalue weighted by Gasteiger charge is -2.23. The summed E-state index contributed by atoms with van der Waals surface area (Å²) in [6, 6.07) is -0.127. The fraction of sp³-hybridized carbons (Fsp3) is 0.929. The fourth-order valence-corrected chi connectivity index (χ4v) is 3.01. The smallest absolute Gasteiger partial charge is 0.314 e. The molecule has 0 aliphatic heterocycles. The van der Waals surface area contributed by atoms with Crippen LogP contribution in [0.4, 0.5) is 4.79 Å². The van der Waals surface area contributed by atoms with Crippen molar-refractivity contribution in [3.63, 3.8) is 0 Å². The largest absolute Gasteiger partial charge is 0.388 e. The summed E-state index contributed by atoms with van der Waals surface area (Å²) in [6.45, 7) is 3.36. The lowest BCUT2D eigenvalue weighted by molar-refractivity contribution is 0.0501. The Labute approximate surface area is 110 Å². The predicted molar refractivity (Wildman–Crippen MR) is 71.4 cm³/mol. The number of rotatable bonds is 6. The summed E-state index contributed by atoms with van der Waals surface area (Å²) in [6.07, 6.45) is 8.63. The van der Waals surface area contributed by atoms with Gasteiger partial charge in [0.2, 0.25) is 0 Å². The predicted octanol–water partition coefficient (Wildman–Crippen LogP) is 2.17. The van der Waals surface area contributed by atoms with E-state index in [0.29, 0.717) is 12.0 Å². The zero-order valence-corrected chi connectivity index (χ0v) is 11.4. The lowest BCUT2D eigenvalue weighted by Crippen LogP contribution is -2.46. The number of amides is 2. The molecular formula is C14H26N2O2. The number of aliphatic hydroxyl groups is 1. The molecule has 2 saturated carbocycles. The number of carbonyl (C=O) groups excluding carboxylic acids is 1. The minimum Gasteiger partial charge on any atom is -0.388 e. The average Bonchev–Trinajstić information content (AvgIpc) is 2.98. The van der Waals surface area contributed by atoms with E-state index in [2.05, 4.69) is 17.6 Å². The molecule has 2 rings (SSSR count). The van der Waals surface area contributed by atoms with Crippen LogP contribution in [0.25, 0.3) is 0 Å². The van der Waals surface area contributed by atoms with Gasteiger partial charge < -0.3 is 15.7 Å². The van der Waals surface area contributed by atoms with Crippen LogP contribution in [0, 0.1) is 5.41 Å². The van der Waals surface area contributed by atoms with Gasteiger partial charge in [-0.3, -0.25) is 0 Å². The highest BCUT2D eigenvalue weighted by atomic mass is 16.3. The van der Waals surface area contributed by atoms with Crippen LogP contribution < -0.4 is 10.6 Å². The van der Waals surface area contributed by atoms with Gasteiger partial charge in [0.25, 0.3) is 0 Å². The van der Waals surface area contributed by atoms with Crippen LogP contribution in [0.1, 0.15) is 58.3 Å². The van der Waals surface area contributed by atoms with Crippen molar-refractivity contribution in [1.82, 2.24) is 10.6 Å². The van der Waals surface area contributed by atoms with E-state index in [1.54, 1.807) is 0 Å². The highest BCUT2D eigenvalue weighted by Gasteiger charge is 2.41. The summed E-state index contributed by atoms with van der Waals surface area (Å²) in [5, 5.41) is 15.9. The number of carbonyl (C=O) groups is 1.